The topological polar surface area (TPSA) is 75.8 Å². The van der Waals surface area contributed by atoms with Crippen molar-refractivity contribution in [1.29, 1.82) is 5.26 Å². The Labute approximate surface area is 170 Å². The Hall–Kier alpha value is -1.24. The Bertz CT molecular complexity index is 1050. The van der Waals surface area contributed by atoms with Crippen LogP contribution in [0.4, 0.5) is 26.3 Å². The minimum absolute atomic E-state index is 0.435. The molecular formula is C12H2Cl2F6IN3O2S. The van der Waals surface area contributed by atoms with E-state index < -0.39 is 57.1 Å². The maximum atomic E-state index is 12.9. The van der Waals surface area contributed by atoms with E-state index in [4.69, 9.17) is 28.5 Å². The Kier molecular flexibility index (Phi) is 5.70. The summed E-state index contributed by atoms with van der Waals surface area (Å²) < 4.78 is 100. The molecule has 0 radical (unpaired) electrons. The van der Waals surface area contributed by atoms with Gasteiger partial charge in [-0.3, -0.25) is 0 Å². The van der Waals surface area contributed by atoms with Crippen molar-refractivity contribution in [2.24, 2.45) is 0 Å². The average Bonchev–Trinajstić information content (AvgIpc) is 2.81. The van der Waals surface area contributed by atoms with Gasteiger partial charge in [-0.15, -0.1) is 0 Å². The molecule has 1 aromatic carbocycles. The van der Waals surface area contributed by atoms with Crippen LogP contribution in [0.3, 0.4) is 0 Å². The molecule has 1 heterocycles. The van der Waals surface area contributed by atoms with Gasteiger partial charge in [0.05, 0.1) is 15.6 Å². The number of rotatable bonds is 2. The summed E-state index contributed by atoms with van der Waals surface area (Å²) in [6.07, 6.45) is -4.81. The fourth-order valence-electron chi connectivity index (χ4n) is 1.89. The highest BCUT2D eigenvalue weighted by atomic mass is 127. The van der Waals surface area contributed by atoms with E-state index in [9.17, 15) is 34.8 Å². The molecule has 0 bridgehead atoms. The Morgan fingerprint density at radius 1 is 1.11 bits per heavy atom. The molecule has 0 amide bonds. The summed E-state index contributed by atoms with van der Waals surface area (Å²) >= 11 is 12.6. The lowest BCUT2D eigenvalue weighted by Crippen LogP contribution is -2.24. The minimum Gasteiger partial charge on any atom is -0.222 e. The molecule has 2 aromatic rings. The highest BCUT2D eigenvalue weighted by Gasteiger charge is 2.51. The molecule has 0 fully saturated rings. The molecule has 0 aliphatic carbocycles. The van der Waals surface area contributed by atoms with Crippen LogP contribution < -0.4 is 0 Å². The first-order valence-electron chi connectivity index (χ1n) is 6.19. The summed E-state index contributed by atoms with van der Waals surface area (Å²) in [4.78, 5) is -1.45. The second-order valence-corrected chi connectivity index (χ2v) is 8.44. The van der Waals surface area contributed by atoms with Crippen molar-refractivity contribution in [3.63, 3.8) is 0 Å². The number of halogens is 9. The summed E-state index contributed by atoms with van der Waals surface area (Å²) in [6, 6.07) is 2.07. The molecule has 0 saturated heterocycles. The summed E-state index contributed by atoms with van der Waals surface area (Å²) in [6.45, 7) is 0. The molecule has 0 saturated carbocycles. The van der Waals surface area contributed by atoms with Crippen molar-refractivity contribution in [2.45, 2.75) is 16.6 Å². The largest absolute Gasteiger partial charge is 0.502 e. The fraction of sp³-hybridized carbons (Fsp3) is 0.167. The Morgan fingerprint density at radius 2 is 1.59 bits per heavy atom. The highest BCUT2D eigenvalue weighted by molar-refractivity contribution is 14.1. The first-order chi connectivity index (χ1) is 12.1. The SMILES string of the molecule is N#Cc1nn(-c2c(Cl)cc(C(F)(F)F)cc2Cl)c(I)c1S(=O)(=O)C(F)(F)F. The van der Waals surface area contributed by atoms with Crippen molar-refractivity contribution < 1.29 is 34.8 Å². The normalized spacial score (nSPS) is 12.9. The van der Waals surface area contributed by atoms with Gasteiger partial charge in [0.25, 0.3) is 9.84 Å². The number of benzene rings is 1. The number of sulfone groups is 1. The second-order valence-electron chi connectivity index (χ2n) is 4.73. The molecule has 5 nitrogen and oxygen atoms in total. The molecule has 0 atom stereocenters. The van der Waals surface area contributed by atoms with Crippen LogP contribution in [-0.2, 0) is 16.0 Å². The van der Waals surface area contributed by atoms with Crippen molar-refractivity contribution in [1.82, 2.24) is 9.78 Å². The highest BCUT2D eigenvalue weighted by Crippen LogP contribution is 2.40. The van der Waals surface area contributed by atoms with Crippen LogP contribution in [0.15, 0.2) is 17.0 Å². The van der Waals surface area contributed by atoms with Crippen molar-refractivity contribution >= 4 is 55.6 Å². The molecule has 0 aliphatic rings. The van der Waals surface area contributed by atoms with Crippen LogP contribution in [0, 0.1) is 15.0 Å². The first-order valence-corrected chi connectivity index (χ1v) is 9.51. The van der Waals surface area contributed by atoms with Gasteiger partial charge in [-0.1, -0.05) is 23.2 Å². The maximum absolute atomic E-state index is 12.9. The van der Waals surface area contributed by atoms with Crippen LogP contribution in [0.2, 0.25) is 10.0 Å². The molecule has 1 aromatic heterocycles. The number of nitriles is 1. The minimum atomic E-state index is -5.97. The zero-order chi connectivity index (χ0) is 20.9. The lowest BCUT2D eigenvalue weighted by Gasteiger charge is -2.13. The van der Waals surface area contributed by atoms with E-state index in [1.165, 1.54) is 6.07 Å². The number of alkyl halides is 6. The first kappa shape index (κ1) is 22.1. The monoisotopic (exact) mass is 563 g/mol. The van der Waals surface area contributed by atoms with Gasteiger partial charge in [-0.05, 0) is 34.7 Å². The van der Waals surface area contributed by atoms with Crippen LogP contribution in [0.1, 0.15) is 11.3 Å². The predicted molar refractivity (Wildman–Crippen MR) is 89.3 cm³/mol. The van der Waals surface area contributed by atoms with Crippen LogP contribution in [-0.4, -0.2) is 23.7 Å². The van der Waals surface area contributed by atoms with Gasteiger partial charge >= 0.3 is 11.7 Å². The predicted octanol–water partition coefficient (Wildman–Crippen LogP) is 4.97. The number of hydrogen-bond acceptors (Lipinski definition) is 4. The van der Waals surface area contributed by atoms with E-state index in [1.54, 1.807) is 0 Å². The van der Waals surface area contributed by atoms with Crippen molar-refractivity contribution in [2.75, 3.05) is 0 Å². The molecule has 0 unspecified atom stereocenters. The third-order valence-corrected chi connectivity index (χ3v) is 6.50. The second kappa shape index (κ2) is 6.98. The lowest BCUT2D eigenvalue weighted by molar-refractivity contribution is -0.137. The number of hydrogen-bond donors (Lipinski definition) is 0. The van der Waals surface area contributed by atoms with E-state index in [1.807, 2.05) is 0 Å². The van der Waals surface area contributed by atoms with E-state index in [0.29, 0.717) is 16.8 Å². The van der Waals surface area contributed by atoms with Gasteiger partial charge in [-0.25, -0.2) is 13.1 Å². The van der Waals surface area contributed by atoms with Gasteiger partial charge in [0, 0.05) is 0 Å². The molecule has 15 heteroatoms. The van der Waals surface area contributed by atoms with Gasteiger partial charge in [0.15, 0.2) is 5.69 Å². The smallest absolute Gasteiger partial charge is 0.222 e. The van der Waals surface area contributed by atoms with Gasteiger partial charge in [0.1, 0.15) is 20.4 Å². The Morgan fingerprint density at radius 3 is 1.96 bits per heavy atom. The summed E-state index contributed by atoms with van der Waals surface area (Å²) in [5.41, 5.74) is -8.62. The standard InChI is InChI=1S/C12H2Cl2F6IN3O2S/c13-5-1-4(11(15,16)17)2-6(14)8(5)24-10(21)9(7(3-22)23-24)27(25,26)12(18,19)20/h1-2H. The van der Waals surface area contributed by atoms with Gasteiger partial charge in [0.2, 0.25) is 0 Å². The van der Waals surface area contributed by atoms with Gasteiger partial charge in [-0.2, -0.15) is 36.7 Å². The summed E-state index contributed by atoms with van der Waals surface area (Å²) in [5.74, 6) is 0. The molecule has 0 aliphatic heterocycles. The number of aromatic nitrogens is 2. The van der Waals surface area contributed by atoms with E-state index >= 15 is 0 Å². The molecule has 146 valence electrons. The molecular weight excluding hydrogens is 562 g/mol. The third kappa shape index (κ3) is 3.84. The quantitative estimate of drug-likeness (QED) is 0.382. The fourth-order valence-corrected chi connectivity index (χ4v) is 4.89. The van der Waals surface area contributed by atoms with Crippen molar-refractivity contribution in [3.8, 4) is 11.8 Å². The maximum Gasteiger partial charge on any atom is 0.502 e. The lowest BCUT2D eigenvalue weighted by atomic mass is 10.2. The summed E-state index contributed by atoms with van der Waals surface area (Å²) in [7, 11) is -5.97. The van der Waals surface area contributed by atoms with Crippen molar-refractivity contribution in [3.05, 3.63) is 37.1 Å². The molecule has 0 spiro atoms. The van der Waals surface area contributed by atoms with E-state index in [0.717, 1.165) is 22.6 Å². The zero-order valence-electron chi connectivity index (χ0n) is 12.1. The third-order valence-electron chi connectivity index (χ3n) is 3.02. The Balaban J connectivity index is 2.83. The van der Waals surface area contributed by atoms with Crippen LogP contribution in [0.5, 0.6) is 0 Å². The summed E-state index contributed by atoms with van der Waals surface area (Å²) in [5, 5.41) is 11.0. The van der Waals surface area contributed by atoms with Crippen LogP contribution in [0.25, 0.3) is 5.69 Å². The number of nitrogens with zero attached hydrogens (tertiary/aromatic N) is 3. The van der Waals surface area contributed by atoms with E-state index in [2.05, 4.69) is 5.10 Å². The molecule has 0 N–H and O–H groups in total. The molecule has 27 heavy (non-hydrogen) atoms. The van der Waals surface area contributed by atoms with E-state index in [-0.39, 0.29) is 0 Å². The molecule has 2 rings (SSSR count). The van der Waals surface area contributed by atoms with Gasteiger partial charge < -0.3 is 0 Å². The zero-order valence-corrected chi connectivity index (χ0v) is 16.6. The van der Waals surface area contributed by atoms with Crippen LogP contribution >= 0.6 is 45.8 Å². The average molecular weight is 564 g/mol.